The normalized spacial score (nSPS) is 11.7. The number of amides is 1. The van der Waals surface area contributed by atoms with E-state index in [9.17, 15) is 13.2 Å². The number of benzene rings is 1. The summed E-state index contributed by atoms with van der Waals surface area (Å²) >= 11 is 5.74. The Hall–Kier alpha value is -1.62. The summed E-state index contributed by atoms with van der Waals surface area (Å²) in [4.78, 5) is 11.7. The standard InChI is InChI=1S/C13H16ClN3O3S/c1-13(2,9-15)12(18)16-6-7-17-21(19,20)11-5-3-4-10(14)8-11/h3-5,8,17H,6-7H2,1-2H3,(H,16,18). The molecule has 0 heterocycles. The van der Waals surface area contributed by atoms with Gasteiger partial charge in [-0.2, -0.15) is 5.26 Å². The maximum absolute atomic E-state index is 11.9. The van der Waals surface area contributed by atoms with Gasteiger partial charge in [0.2, 0.25) is 15.9 Å². The highest BCUT2D eigenvalue weighted by molar-refractivity contribution is 7.89. The van der Waals surface area contributed by atoms with Gasteiger partial charge in [-0.1, -0.05) is 17.7 Å². The van der Waals surface area contributed by atoms with Crippen molar-refractivity contribution in [2.45, 2.75) is 18.7 Å². The van der Waals surface area contributed by atoms with Crippen LogP contribution in [-0.4, -0.2) is 27.4 Å². The third-order valence-electron chi connectivity index (χ3n) is 2.66. The van der Waals surface area contributed by atoms with Crippen molar-refractivity contribution < 1.29 is 13.2 Å². The second-order valence-electron chi connectivity index (χ2n) is 4.85. The summed E-state index contributed by atoms with van der Waals surface area (Å²) in [6.07, 6.45) is 0. The Kier molecular flexibility index (Phi) is 5.72. The number of sulfonamides is 1. The van der Waals surface area contributed by atoms with Crippen LogP contribution < -0.4 is 10.0 Å². The second kappa shape index (κ2) is 6.89. The monoisotopic (exact) mass is 329 g/mol. The Morgan fingerprint density at radius 1 is 1.38 bits per heavy atom. The van der Waals surface area contributed by atoms with Gasteiger partial charge in [-0.05, 0) is 32.0 Å². The molecule has 1 aromatic carbocycles. The van der Waals surface area contributed by atoms with Crippen molar-refractivity contribution in [2.75, 3.05) is 13.1 Å². The number of hydrogen-bond acceptors (Lipinski definition) is 4. The molecule has 0 saturated heterocycles. The van der Waals surface area contributed by atoms with E-state index in [-0.39, 0.29) is 18.0 Å². The van der Waals surface area contributed by atoms with E-state index < -0.39 is 21.3 Å². The molecule has 0 aliphatic rings. The highest BCUT2D eigenvalue weighted by atomic mass is 35.5. The molecule has 2 N–H and O–H groups in total. The first-order valence-electron chi connectivity index (χ1n) is 6.14. The minimum atomic E-state index is -3.67. The van der Waals surface area contributed by atoms with Crippen LogP contribution in [0.4, 0.5) is 0 Å². The van der Waals surface area contributed by atoms with Crippen molar-refractivity contribution in [1.82, 2.24) is 10.0 Å². The number of carbonyl (C=O) groups excluding carboxylic acids is 1. The third kappa shape index (κ3) is 5.01. The molecular weight excluding hydrogens is 314 g/mol. The SMILES string of the molecule is CC(C)(C#N)C(=O)NCCNS(=O)(=O)c1cccc(Cl)c1. The Morgan fingerprint density at radius 2 is 2.05 bits per heavy atom. The molecular formula is C13H16ClN3O3S. The minimum Gasteiger partial charge on any atom is -0.353 e. The van der Waals surface area contributed by atoms with Crippen LogP contribution in [0.25, 0.3) is 0 Å². The predicted molar refractivity (Wildman–Crippen MR) is 79.0 cm³/mol. The highest BCUT2D eigenvalue weighted by Gasteiger charge is 2.26. The molecule has 1 aromatic rings. The molecule has 0 fully saturated rings. The summed E-state index contributed by atoms with van der Waals surface area (Å²) in [5.41, 5.74) is -1.15. The van der Waals surface area contributed by atoms with Gasteiger partial charge in [0.25, 0.3) is 0 Å². The molecule has 114 valence electrons. The zero-order valence-electron chi connectivity index (χ0n) is 11.7. The highest BCUT2D eigenvalue weighted by Crippen LogP contribution is 2.15. The molecule has 0 aliphatic heterocycles. The van der Waals surface area contributed by atoms with E-state index >= 15 is 0 Å². The van der Waals surface area contributed by atoms with Crippen LogP contribution in [-0.2, 0) is 14.8 Å². The minimum absolute atomic E-state index is 0.0160. The predicted octanol–water partition coefficient (Wildman–Crippen LogP) is 1.28. The zero-order chi connectivity index (χ0) is 16.1. The Bertz CT molecular complexity index is 665. The maximum atomic E-state index is 11.9. The van der Waals surface area contributed by atoms with E-state index in [1.54, 1.807) is 6.07 Å². The van der Waals surface area contributed by atoms with Crippen LogP contribution in [0.5, 0.6) is 0 Å². The lowest BCUT2D eigenvalue weighted by atomic mass is 9.95. The summed E-state index contributed by atoms with van der Waals surface area (Å²) in [6, 6.07) is 7.73. The summed E-state index contributed by atoms with van der Waals surface area (Å²) in [7, 11) is -3.67. The van der Waals surface area contributed by atoms with Crippen molar-refractivity contribution in [3.05, 3.63) is 29.3 Å². The van der Waals surface area contributed by atoms with Gasteiger partial charge in [0.1, 0.15) is 5.41 Å². The van der Waals surface area contributed by atoms with E-state index in [2.05, 4.69) is 10.0 Å². The molecule has 0 unspecified atom stereocenters. The molecule has 1 amide bonds. The average molecular weight is 330 g/mol. The van der Waals surface area contributed by atoms with Crippen LogP contribution >= 0.6 is 11.6 Å². The topological polar surface area (TPSA) is 99.1 Å². The van der Waals surface area contributed by atoms with Crippen LogP contribution in [0.3, 0.4) is 0 Å². The second-order valence-corrected chi connectivity index (χ2v) is 7.05. The van der Waals surface area contributed by atoms with Crippen molar-refractivity contribution in [1.29, 1.82) is 5.26 Å². The number of carbonyl (C=O) groups is 1. The molecule has 21 heavy (non-hydrogen) atoms. The summed E-state index contributed by atoms with van der Waals surface area (Å²) in [6.45, 7) is 3.07. The Balaban J connectivity index is 2.53. The lowest BCUT2D eigenvalue weighted by Crippen LogP contribution is -2.40. The van der Waals surface area contributed by atoms with E-state index in [0.29, 0.717) is 5.02 Å². The van der Waals surface area contributed by atoms with Crippen molar-refractivity contribution >= 4 is 27.5 Å². The number of halogens is 1. The van der Waals surface area contributed by atoms with Crippen LogP contribution in [0.1, 0.15) is 13.8 Å². The average Bonchev–Trinajstić information content (AvgIpc) is 2.43. The van der Waals surface area contributed by atoms with Crippen LogP contribution in [0, 0.1) is 16.7 Å². The summed E-state index contributed by atoms with van der Waals surface area (Å²) < 4.78 is 26.2. The van der Waals surface area contributed by atoms with E-state index in [0.717, 1.165) is 0 Å². The van der Waals surface area contributed by atoms with Gasteiger partial charge in [0.05, 0.1) is 11.0 Å². The zero-order valence-corrected chi connectivity index (χ0v) is 13.3. The first kappa shape index (κ1) is 17.4. The van der Waals surface area contributed by atoms with Crippen molar-refractivity contribution in [3.8, 4) is 6.07 Å². The first-order chi connectivity index (χ1) is 9.69. The fourth-order valence-corrected chi connectivity index (χ4v) is 2.68. The molecule has 0 aromatic heterocycles. The molecule has 0 aliphatic carbocycles. The molecule has 0 atom stereocenters. The Labute approximate surface area is 129 Å². The lowest BCUT2D eigenvalue weighted by Gasteiger charge is -2.15. The number of nitriles is 1. The molecule has 1 rings (SSSR count). The smallest absolute Gasteiger partial charge is 0.240 e. The first-order valence-corrected chi connectivity index (χ1v) is 8.00. The van der Waals surface area contributed by atoms with Gasteiger partial charge in [-0.3, -0.25) is 4.79 Å². The molecule has 0 radical (unpaired) electrons. The summed E-state index contributed by atoms with van der Waals surface area (Å²) in [5, 5.41) is 11.6. The van der Waals surface area contributed by atoms with Gasteiger partial charge in [-0.25, -0.2) is 13.1 Å². The Morgan fingerprint density at radius 3 is 2.62 bits per heavy atom. The van der Waals surface area contributed by atoms with Crippen LogP contribution in [0.2, 0.25) is 5.02 Å². The largest absolute Gasteiger partial charge is 0.353 e. The lowest BCUT2D eigenvalue weighted by molar-refractivity contribution is -0.126. The van der Waals surface area contributed by atoms with Gasteiger partial charge in [0.15, 0.2) is 0 Å². The molecule has 0 saturated carbocycles. The fourth-order valence-electron chi connectivity index (χ4n) is 1.35. The van der Waals surface area contributed by atoms with E-state index in [1.807, 2.05) is 6.07 Å². The molecule has 8 heteroatoms. The molecule has 0 spiro atoms. The van der Waals surface area contributed by atoms with Crippen molar-refractivity contribution in [2.24, 2.45) is 5.41 Å². The van der Waals surface area contributed by atoms with Crippen molar-refractivity contribution in [3.63, 3.8) is 0 Å². The van der Waals surface area contributed by atoms with E-state index in [1.165, 1.54) is 32.0 Å². The van der Waals surface area contributed by atoms with Gasteiger partial charge in [-0.15, -0.1) is 0 Å². The molecule has 6 nitrogen and oxygen atoms in total. The van der Waals surface area contributed by atoms with Crippen LogP contribution in [0.15, 0.2) is 29.2 Å². The summed E-state index contributed by atoms with van der Waals surface area (Å²) in [5.74, 6) is -0.452. The number of rotatable bonds is 6. The number of nitrogens with one attached hydrogen (secondary N) is 2. The van der Waals surface area contributed by atoms with E-state index in [4.69, 9.17) is 16.9 Å². The molecule has 0 bridgehead atoms. The fraction of sp³-hybridized carbons (Fsp3) is 0.385. The third-order valence-corrected chi connectivity index (χ3v) is 4.35. The number of hydrogen-bond donors (Lipinski definition) is 2. The van der Waals surface area contributed by atoms with Gasteiger partial charge >= 0.3 is 0 Å². The van der Waals surface area contributed by atoms with Gasteiger partial charge in [0, 0.05) is 18.1 Å². The quantitative estimate of drug-likeness (QED) is 0.768. The number of nitrogens with zero attached hydrogens (tertiary/aromatic N) is 1. The maximum Gasteiger partial charge on any atom is 0.240 e. The van der Waals surface area contributed by atoms with Gasteiger partial charge < -0.3 is 5.32 Å².